The van der Waals surface area contributed by atoms with E-state index in [1.165, 1.54) is 0 Å². The van der Waals surface area contributed by atoms with E-state index in [-0.39, 0.29) is 10.9 Å². The van der Waals surface area contributed by atoms with E-state index in [9.17, 15) is 22.4 Å². The topological polar surface area (TPSA) is 55.1 Å². The van der Waals surface area contributed by atoms with Crippen LogP contribution in [0, 0.1) is 5.82 Å². The van der Waals surface area contributed by atoms with Gasteiger partial charge in [0.15, 0.2) is 5.69 Å². The molecule has 0 aliphatic carbocycles. The maximum absolute atomic E-state index is 13.0. The molecular weight excluding hydrogens is 256 g/mol. The summed E-state index contributed by atoms with van der Waals surface area (Å²) in [7, 11) is 0. The van der Waals surface area contributed by atoms with Gasteiger partial charge in [-0.1, -0.05) is 0 Å². The predicted molar refractivity (Wildman–Crippen MR) is 52.7 cm³/mol. The molecule has 2 rings (SSSR count). The van der Waals surface area contributed by atoms with Crippen molar-refractivity contribution in [1.29, 1.82) is 0 Å². The first-order valence-electron chi connectivity index (χ1n) is 4.74. The predicted octanol–water partition coefficient (Wildman–Crippen LogP) is 2.44. The number of carboxylic acid groups (broad SMARTS) is 1. The zero-order chi connectivity index (χ0) is 13.5. The third-order valence-corrected chi connectivity index (χ3v) is 2.24. The lowest BCUT2D eigenvalue weighted by Crippen LogP contribution is -2.18. The van der Waals surface area contributed by atoms with Crippen LogP contribution in [0.2, 0.25) is 0 Å². The van der Waals surface area contributed by atoms with Crippen molar-refractivity contribution in [3.63, 3.8) is 0 Å². The zero-order valence-electron chi connectivity index (χ0n) is 8.70. The molecule has 0 aliphatic heterocycles. The second kappa shape index (κ2) is 3.97. The van der Waals surface area contributed by atoms with Crippen molar-refractivity contribution in [3.05, 3.63) is 29.7 Å². The van der Waals surface area contributed by atoms with Crippen LogP contribution in [0.5, 0.6) is 0 Å². The lowest BCUT2D eigenvalue weighted by Gasteiger charge is -2.06. The van der Waals surface area contributed by atoms with Crippen LogP contribution < -0.4 is 0 Å². The van der Waals surface area contributed by atoms with Crippen molar-refractivity contribution in [3.8, 4) is 0 Å². The Morgan fingerprint density at radius 1 is 1.39 bits per heavy atom. The molecule has 1 aromatic heterocycles. The van der Waals surface area contributed by atoms with Crippen molar-refractivity contribution in [2.75, 3.05) is 0 Å². The molecule has 0 atom stereocenters. The Morgan fingerprint density at radius 2 is 2.06 bits per heavy atom. The molecule has 1 heterocycles. The van der Waals surface area contributed by atoms with Crippen LogP contribution in [0.25, 0.3) is 10.9 Å². The van der Waals surface area contributed by atoms with Gasteiger partial charge in [-0.3, -0.25) is 4.68 Å². The number of hydrogen-bond donors (Lipinski definition) is 1. The molecule has 0 unspecified atom stereocenters. The maximum atomic E-state index is 13.0. The minimum absolute atomic E-state index is 0.0777. The zero-order valence-corrected chi connectivity index (χ0v) is 8.70. The second-order valence-electron chi connectivity index (χ2n) is 3.59. The van der Waals surface area contributed by atoms with Gasteiger partial charge in [0, 0.05) is 5.39 Å². The number of hydrogen-bond acceptors (Lipinski definition) is 2. The summed E-state index contributed by atoms with van der Waals surface area (Å²) in [4.78, 5) is 10.8. The lowest BCUT2D eigenvalue weighted by molar-refractivity contribution is -0.141. The van der Waals surface area contributed by atoms with Crippen LogP contribution in [0.1, 0.15) is 10.5 Å². The minimum Gasteiger partial charge on any atom is -0.476 e. The van der Waals surface area contributed by atoms with Crippen LogP contribution >= 0.6 is 0 Å². The first kappa shape index (κ1) is 12.3. The van der Waals surface area contributed by atoms with Crippen molar-refractivity contribution in [1.82, 2.24) is 9.78 Å². The highest BCUT2D eigenvalue weighted by Gasteiger charge is 2.30. The highest BCUT2D eigenvalue weighted by atomic mass is 19.4. The Morgan fingerprint density at radius 3 is 2.61 bits per heavy atom. The molecular formula is C10H6F4N2O2. The van der Waals surface area contributed by atoms with Gasteiger partial charge in [0.25, 0.3) is 0 Å². The highest BCUT2D eigenvalue weighted by molar-refractivity contribution is 6.01. The summed E-state index contributed by atoms with van der Waals surface area (Å²) in [6.45, 7) is -1.43. The Balaban J connectivity index is 2.65. The quantitative estimate of drug-likeness (QED) is 0.846. The largest absolute Gasteiger partial charge is 0.476 e. The molecule has 8 heteroatoms. The van der Waals surface area contributed by atoms with Crippen molar-refractivity contribution in [2.24, 2.45) is 0 Å². The van der Waals surface area contributed by atoms with Gasteiger partial charge in [-0.05, 0) is 18.2 Å². The highest BCUT2D eigenvalue weighted by Crippen LogP contribution is 2.24. The summed E-state index contributed by atoms with van der Waals surface area (Å²) in [6, 6.07) is 2.86. The summed E-state index contributed by atoms with van der Waals surface area (Å²) in [5.74, 6) is -2.25. The lowest BCUT2D eigenvalue weighted by atomic mass is 10.2. The molecule has 2 aromatic rings. The smallest absolute Gasteiger partial charge is 0.408 e. The Kier molecular flexibility index (Phi) is 2.72. The van der Waals surface area contributed by atoms with Gasteiger partial charge in [0.1, 0.15) is 12.4 Å². The van der Waals surface area contributed by atoms with E-state index in [0.29, 0.717) is 4.68 Å². The molecule has 96 valence electrons. The average Bonchev–Trinajstić information content (AvgIpc) is 2.54. The summed E-state index contributed by atoms with van der Waals surface area (Å²) in [5, 5.41) is 12.0. The first-order valence-corrected chi connectivity index (χ1v) is 4.74. The minimum atomic E-state index is -4.54. The summed E-state index contributed by atoms with van der Waals surface area (Å²) < 4.78 is 50.3. The van der Waals surface area contributed by atoms with E-state index in [2.05, 4.69) is 5.10 Å². The number of rotatable bonds is 2. The Labute approximate surface area is 97.4 Å². The number of benzene rings is 1. The Hall–Kier alpha value is -2.12. The molecule has 0 radical (unpaired) electrons. The third-order valence-electron chi connectivity index (χ3n) is 2.24. The molecule has 1 N–H and O–H groups in total. The molecule has 0 saturated heterocycles. The molecule has 4 nitrogen and oxygen atoms in total. The summed E-state index contributed by atoms with van der Waals surface area (Å²) >= 11 is 0. The molecule has 0 saturated carbocycles. The van der Waals surface area contributed by atoms with Gasteiger partial charge < -0.3 is 5.11 Å². The SMILES string of the molecule is O=C(O)c1nn(CC(F)(F)F)c2ccc(F)cc12. The monoisotopic (exact) mass is 262 g/mol. The molecule has 0 spiro atoms. The number of aromatic carboxylic acids is 1. The van der Waals surface area contributed by atoms with Crippen molar-refractivity contribution in [2.45, 2.75) is 12.7 Å². The normalized spacial score (nSPS) is 12.0. The van der Waals surface area contributed by atoms with Crippen molar-refractivity contribution < 1.29 is 27.5 Å². The fourth-order valence-electron chi connectivity index (χ4n) is 1.60. The molecule has 18 heavy (non-hydrogen) atoms. The van der Waals surface area contributed by atoms with E-state index in [1.807, 2.05) is 0 Å². The summed E-state index contributed by atoms with van der Waals surface area (Å²) in [5.41, 5.74) is -0.681. The van der Waals surface area contributed by atoms with Crippen LogP contribution in [0.15, 0.2) is 18.2 Å². The molecule has 0 fully saturated rings. The average molecular weight is 262 g/mol. The molecule has 0 amide bonds. The van der Waals surface area contributed by atoms with Gasteiger partial charge in [-0.2, -0.15) is 18.3 Å². The van der Waals surface area contributed by atoms with Crippen LogP contribution in [0.3, 0.4) is 0 Å². The standard InChI is InChI=1S/C10H6F4N2O2/c11-5-1-2-7-6(3-5)8(9(17)18)15-16(7)4-10(12,13)14/h1-3H,4H2,(H,17,18). The van der Waals surface area contributed by atoms with E-state index in [4.69, 9.17) is 5.11 Å². The fourth-order valence-corrected chi connectivity index (χ4v) is 1.60. The van der Waals surface area contributed by atoms with Crippen LogP contribution in [-0.2, 0) is 6.54 Å². The third kappa shape index (κ3) is 2.27. The van der Waals surface area contributed by atoms with Gasteiger partial charge in [0.2, 0.25) is 0 Å². The van der Waals surface area contributed by atoms with Crippen molar-refractivity contribution >= 4 is 16.9 Å². The molecule has 1 aromatic carbocycles. The molecule has 0 bridgehead atoms. The maximum Gasteiger partial charge on any atom is 0.408 e. The second-order valence-corrected chi connectivity index (χ2v) is 3.59. The first-order chi connectivity index (χ1) is 8.28. The van der Waals surface area contributed by atoms with Crippen LogP contribution in [0.4, 0.5) is 17.6 Å². The van der Waals surface area contributed by atoms with Gasteiger partial charge in [0.05, 0.1) is 5.52 Å². The van der Waals surface area contributed by atoms with E-state index in [1.54, 1.807) is 0 Å². The molecule has 0 aliphatic rings. The fraction of sp³-hybridized carbons (Fsp3) is 0.200. The van der Waals surface area contributed by atoms with Gasteiger partial charge in [-0.15, -0.1) is 0 Å². The Bertz CT molecular complexity index is 618. The number of halogens is 4. The number of alkyl halides is 3. The van der Waals surface area contributed by atoms with E-state index in [0.717, 1.165) is 18.2 Å². The summed E-state index contributed by atoms with van der Waals surface area (Å²) in [6.07, 6.45) is -4.54. The number of fused-ring (bicyclic) bond motifs is 1. The van der Waals surface area contributed by atoms with Gasteiger partial charge in [-0.25, -0.2) is 9.18 Å². The number of carboxylic acids is 1. The number of aromatic nitrogens is 2. The number of carbonyl (C=O) groups is 1. The van der Waals surface area contributed by atoms with E-state index >= 15 is 0 Å². The van der Waals surface area contributed by atoms with E-state index < -0.39 is 30.2 Å². The number of nitrogens with zero attached hydrogens (tertiary/aromatic N) is 2. The van der Waals surface area contributed by atoms with Gasteiger partial charge >= 0.3 is 12.1 Å². The van der Waals surface area contributed by atoms with Crippen LogP contribution in [-0.4, -0.2) is 27.0 Å².